The lowest BCUT2D eigenvalue weighted by molar-refractivity contribution is 0.607. The molecule has 0 unspecified atom stereocenters. The summed E-state index contributed by atoms with van der Waals surface area (Å²) in [5.41, 5.74) is 0.968. The molecule has 0 fully saturated rings. The van der Waals surface area contributed by atoms with Crippen LogP contribution in [0.3, 0.4) is 0 Å². The summed E-state index contributed by atoms with van der Waals surface area (Å²) in [6.07, 6.45) is 4.00. The van der Waals surface area contributed by atoms with Gasteiger partial charge in [-0.2, -0.15) is 0 Å². The van der Waals surface area contributed by atoms with E-state index in [0.717, 1.165) is 16.7 Å². The lowest BCUT2D eigenvalue weighted by atomic mass is 9.97. The van der Waals surface area contributed by atoms with Gasteiger partial charge in [-0.3, -0.25) is 0 Å². The van der Waals surface area contributed by atoms with Crippen molar-refractivity contribution in [2.24, 2.45) is 0 Å². The normalized spacial score (nSPS) is 12.2. The Morgan fingerprint density at radius 3 is 2.25 bits per heavy atom. The Labute approximate surface area is 139 Å². The van der Waals surface area contributed by atoms with Crippen molar-refractivity contribution in [3.05, 3.63) is 78.6 Å². The Kier molecular flexibility index (Phi) is 2.77. The summed E-state index contributed by atoms with van der Waals surface area (Å²) in [5, 5.41) is 8.65. The highest BCUT2D eigenvalue weighted by Crippen LogP contribution is 2.34. The van der Waals surface area contributed by atoms with Gasteiger partial charge in [0.1, 0.15) is 11.3 Å². The highest BCUT2D eigenvalue weighted by molar-refractivity contribution is 6.18. The molecule has 0 saturated heterocycles. The molecule has 114 valence electrons. The number of rotatable bonds is 1. The van der Waals surface area contributed by atoms with Crippen LogP contribution in [-0.4, -0.2) is 0 Å². The van der Waals surface area contributed by atoms with Crippen LogP contribution < -0.4 is 0 Å². The van der Waals surface area contributed by atoms with Crippen LogP contribution in [0.1, 0.15) is 12.7 Å². The van der Waals surface area contributed by atoms with E-state index in [1.807, 2.05) is 19.1 Å². The van der Waals surface area contributed by atoms with Gasteiger partial charge in [0.2, 0.25) is 0 Å². The van der Waals surface area contributed by atoms with E-state index in [-0.39, 0.29) is 0 Å². The molecule has 5 rings (SSSR count). The third kappa shape index (κ3) is 1.88. The monoisotopic (exact) mass is 308 g/mol. The maximum Gasteiger partial charge on any atom is 0.142 e. The maximum absolute atomic E-state index is 6.07. The second kappa shape index (κ2) is 4.97. The minimum absolute atomic E-state index is 0.901. The molecular weight excluding hydrogens is 292 g/mol. The largest absolute Gasteiger partial charge is 0.456 e. The number of allylic oxidation sites excluding steroid dienone is 1. The molecule has 4 aromatic carbocycles. The standard InChI is InChI=1S/C23H16O/c1-2-5-19-13-18-9-10-20-21(23(18)24-19)11-8-17-12-15-6-3-4-7-16(15)14-22(17)20/h2-14H,1H3/b5-2+. The number of hydrogen-bond donors (Lipinski definition) is 0. The van der Waals surface area contributed by atoms with Gasteiger partial charge in [0.25, 0.3) is 0 Å². The number of fused-ring (bicyclic) bond motifs is 6. The fourth-order valence-electron chi connectivity index (χ4n) is 3.59. The van der Waals surface area contributed by atoms with Crippen molar-refractivity contribution >= 4 is 49.4 Å². The predicted molar refractivity (Wildman–Crippen MR) is 103 cm³/mol. The van der Waals surface area contributed by atoms with Gasteiger partial charge < -0.3 is 4.42 Å². The summed E-state index contributed by atoms with van der Waals surface area (Å²) in [7, 11) is 0. The summed E-state index contributed by atoms with van der Waals surface area (Å²) < 4.78 is 6.07. The minimum Gasteiger partial charge on any atom is -0.456 e. The average Bonchev–Trinajstić information content (AvgIpc) is 3.03. The first-order valence-corrected chi connectivity index (χ1v) is 8.24. The number of hydrogen-bond acceptors (Lipinski definition) is 1. The molecule has 0 atom stereocenters. The smallest absolute Gasteiger partial charge is 0.142 e. The van der Waals surface area contributed by atoms with Crippen LogP contribution in [0.15, 0.2) is 77.2 Å². The van der Waals surface area contributed by atoms with E-state index in [4.69, 9.17) is 4.42 Å². The van der Waals surface area contributed by atoms with Crippen molar-refractivity contribution in [1.82, 2.24) is 0 Å². The molecule has 0 N–H and O–H groups in total. The van der Waals surface area contributed by atoms with Crippen molar-refractivity contribution in [3.63, 3.8) is 0 Å². The van der Waals surface area contributed by atoms with Crippen LogP contribution in [0.4, 0.5) is 0 Å². The molecule has 1 nitrogen and oxygen atoms in total. The van der Waals surface area contributed by atoms with E-state index in [2.05, 4.69) is 66.7 Å². The molecule has 1 heteroatoms. The molecule has 0 spiro atoms. The van der Waals surface area contributed by atoms with Crippen molar-refractivity contribution < 1.29 is 4.42 Å². The molecule has 0 radical (unpaired) electrons. The van der Waals surface area contributed by atoms with E-state index in [0.29, 0.717) is 0 Å². The molecule has 24 heavy (non-hydrogen) atoms. The van der Waals surface area contributed by atoms with Crippen LogP contribution in [0.5, 0.6) is 0 Å². The first-order valence-electron chi connectivity index (χ1n) is 8.24. The molecule has 0 aliphatic carbocycles. The quantitative estimate of drug-likeness (QED) is 0.242. The lowest BCUT2D eigenvalue weighted by Gasteiger charge is -2.07. The molecule has 0 saturated carbocycles. The second-order valence-electron chi connectivity index (χ2n) is 6.21. The van der Waals surface area contributed by atoms with Gasteiger partial charge in [-0.05, 0) is 64.2 Å². The number of furan rings is 1. The summed E-state index contributed by atoms with van der Waals surface area (Å²) in [6, 6.07) is 23.9. The molecule has 0 aliphatic rings. The van der Waals surface area contributed by atoms with Crippen LogP contribution in [0.2, 0.25) is 0 Å². The highest BCUT2D eigenvalue weighted by Gasteiger charge is 2.09. The van der Waals surface area contributed by atoms with Crippen LogP contribution in [0, 0.1) is 0 Å². The SMILES string of the molecule is C/C=C/c1cc2ccc3c4cc5ccccc5cc4ccc3c2o1. The zero-order chi connectivity index (χ0) is 16.1. The first kappa shape index (κ1) is 13.4. The Balaban J connectivity index is 1.92. The van der Waals surface area contributed by atoms with Gasteiger partial charge in [0.05, 0.1) is 0 Å². The van der Waals surface area contributed by atoms with Gasteiger partial charge in [-0.25, -0.2) is 0 Å². The molecule has 0 amide bonds. The number of benzene rings is 4. The molecule has 0 bridgehead atoms. The van der Waals surface area contributed by atoms with Gasteiger partial charge in [0.15, 0.2) is 0 Å². The summed E-state index contributed by atoms with van der Waals surface area (Å²) in [6.45, 7) is 2.00. The van der Waals surface area contributed by atoms with Crippen LogP contribution in [0.25, 0.3) is 49.4 Å². The van der Waals surface area contributed by atoms with E-state index in [1.54, 1.807) is 0 Å². The van der Waals surface area contributed by atoms with Crippen molar-refractivity contribution in [3.8, 4) is 0 Å². The predicted octanol–water partition coefficient (Wildman–Crippen LogP) is 6.93. The van der Waals surface area contributed by atoms with Crippen molar-refractivity contribution in [2.45, 2.75) is 6.92 Å². The van der Waals surface area contributed by atoms with Gasteiger partial charge >= 0.3 is 0 Å². The van der Waals surface area contributed by atoms with Crippen molar-refractivity contribution in [2.75, 3.05) is 0 Å². The van der Waals surface area contributed by atoms with Gasteiger partial charge in [-0.1, -0.05) is 48.5 Å². The Bertz CT molecular complexity index is 1250. The summed E-state index contributed by atoms with van der Waals surface area (Å²) in [4.78, 5) is 0. The molecule has 1 aromatic heterocycles. The zero-order valence-corrected chi connectivity index (χ0v) is 13.4. The Morgan fingerprint density at radius 2 is 1.42 bits per heavy atom. The zero-order valence-electron chi connectivity index (χ0n) is 13.4. The van der Waals surface area contributed by atoms with Crippen LogP contribution in [-0.2, 0) is 0 Å². The summed E-state index contributed by atoms with van der Waals surface area (Å²) >= 11 is 0. The Morgan fingerprint density at radius 1 is 0.667 bits per heavy atom. The minimum atomic E-state index is 0.901. The fraction of sp³-hybridized carbons (Fsp3) is 0.0435. The molecule has 1 heterocycles. The lowest BCUT2D eigenvalue weighted by Crippen LogP contribution is -1.80. The molecular formula is C23H16O. The first-order chi connectivity index (χ1) is 11.8. The van der Waals surface area contributed by atoms with Gasteiger partial charge in [0, 0.05) is 10.8 Å². The maximum atomic E-state index is 6.07. The molecule has 5 aromatic rings. The van der Waals surface area contributed by atoms with E-state index >= 15 is 0 Å². The fourth-order valence-corrected chi connectivity index (χ4v) is 3.59. The van der Waals surface area contributed by atoms with Crippen molar-refractivity contribution in [1.29, 1.82) is 0 Å². The van der Waals surface area contributed by atoms with E-state index < -0.39 is 0 Å². The Hall–Kier alpha value is -3.06. The van der Waals surface area contributed by atoms with E-state index in [1.165, 1.54) is 32.3 Å². The third-order valence-electron chi connectivity index (χ3n) is 4.71. The van der Waals surface area contributed by atoms with Gasteiger partial charge in [-0.15, -0.1) is 0 Å². The average molecular weight is 308 g/mol. The van der Waals surface area contributed by atoms with Crippen LogP contribution >= 0.6 is 0 Å². The summed E-state index contributed by atoms with van der Waals surface area (Å²) in [5.74, 6) is 0.901. The highest BCUT2D eigenvalue weighted by atomic mass is 16.3. The topological polar surface area (TPSA) is 13.1 Å². The third-order valence-corrected chi connectivity index (χ3v) is 4.71. The molecule has 0 aliphatic heterocycles. The second-order valence-corrected chi connectivity index (χ2v) is 6.21. The van der Waals surface area contributed by atoms with E-state index in [9.17, 15) is 0 Å².